The highest BCUT2D eigenvalue weighted by molar-refractivity contribution is 5.66. The van der Waals surface area contributed by atoms with E-state index >= 15 is 0 Å². The molecule has 0 aliphatic rings. The number of halogens is 5. The lowest BCUT2D eigenvalue weighted by Crippen LogP contribution is -2.25. The second-order valence-electron chi connectivity index (χ2n) is 5.87. The van der Waals surface area contributed by atoms with E-state index in [2.05, 4.69) is 4.85 Å². The fraction of sp³-hybridized carbons (Fsp3) is 0.100. The van der Waals surface area contributed by atoms with Gasteiger partial charge in [0.25, 0.3) is 11.2 Å². The van der Waals surface area contributed by atoms with Crippen LogP contribution in [0.3, 0.4) is 0 Å². The first-order valence-corrected chi connectivity index (χ1v) is 7.95. The first-order valence-electron chi connectivity index (χ1n) is 7.95. The molecule has 2 aromatic carbocycles. The summed E-state index contributed by atoms with van der Waals surface area (Å²) in [7, 11) is 0. The lowest BCUT2D eigenvalue weighted by atomic mass is 10.1. The molecule has 0 saturated carbocycles. The van der Waals surface area contributed by atoms with Crippen molar-refractivity contribution in [2.45, 2.75) is 12.7 Å². The molecule has 3 nitrogen and oxygen atoms in total. The van der Waals surface area contributed by atoms with Crippen molar-refractivity contribution in [1.82, 2.24) is 4.57 Å². The molecule has 0 radical (unpaired) electrons. The molecule has 1 aromatic heterocycles. The summed E-state index contributed by atoms with van der Waals surface area (Å²) in [4.78, 5) is 15.4. The van der Waals surface area contributed by atoms with Crippen LogP contribution in [0.15, 0.2) is 59.4 Å². The molecule has 1 heterocycles. The van der Waals surface area contributed by atoms with Crippen LogP contribution in [-0.4, -0.2) is 4.57 Å². The topological polar surface area (TPSA) is 26.4 Å². The minimum Gasteiger partial charge on any atom is -0.313 e. The Labute approximate surface area is 156 Å². The van der Waals surface area contributed by atoms with Crippen molar-refractivity contribution in [3.63, 3.8) is 0 Å². The third-order valence-corrected chi connectivity index (χ3v) is 4.12. The summed E-state index contributed by atoms with van der Waals surface area (Å²) in [6.45, 7) is 6.48. The van der Waals surface area contributed by atoms with E-state index in [1.54, 1.807) is 18.2 Å². The van der Waals surface area contributed by atoms with Gasteiger partial charge in [0.1, 0.15) is 0 Å². The van der Waals surface area contributed by atoms with E-state index in [1.807, 2.05) is 0 Å². The second-order valence-corrected chi connectivity index (χ2v) is 5.87. The third-order valence-electron chi connectivity index (χ3n) is 4.12. The molecule has 0 N–H and O–H groups in total. The third kappa shape index (κ3) is 3.51. The maximum absolute atomic E-state index is 14.1. The van der Waals surface area contributed by atoms with Gasteiger partial charge in [-0.05, 0) is 17.7 Å². The zero-order valence-corrected chi connectivity index (χ0v) is 14.1. The molecular weight excluding hydrogens is 379 g/mol. The van der Waals surface area contributed by atoms with Crippen LogP contribution in [0, 0.1) is 18.2 Å². The largest absolute Gasteiger partial charge is 0.407 e. The Balaban J connectivity index is 2.33. The Bertz CT molecular complexity index is 1130. The molecule has 142 valence electrons. The van der Waals surface area contributed by atoms with E-state index in [4.69, 9.17) is 6.57 Å². The molecule has 0 atom stereocenters. The van der Waals surface area contributed by atoms with E-state index in [-0.39, 0.29) is 16.8 Å². The number of alkyl halides is 3. The zero-order chi connectivity index (χ0) is 20.5. The number of benzene rings is 2. The standard InChI is InChI=1S/C20H11F5N2O/c1-26-18-14(20(23,24)25)10-16(12-6-3-2-4-7-12)27(19(18)28)11-13-8-5-9-15(21)17(13)22/h2-10H,11H2. The maximum atomic E-state index is 14.1. The van der Waals surface area contributed by atoms with Crippen LogP contribution < -0.4 is 5.56 Å². The zero-order valence-electron chi connectivity index (χ0n) is 14.1. The van der Waals surface area contributed by atoms with Gasteiger partial charge >= 0.3 is 6.18 Å². The van der Waals surface area contributed by atoms with Gasteiger partial charge in [0, 0.05) is 11.3 Å². The number of pyridine rings is 1. The van der Waals surface area contributed by atoms with Crippen molar-refractivity contribution in [3.8, 4) is 11.3 Å². The molecule has 3 aromatic rings. The van der Waals surface area contributed by atoms with E-state index in [1.165, 1.54) is 24.3 Å². The maximum Gasteiger partial charge on any atom is 0.407 e. The summed E-state index contributed by atoms with van der Waals surface area (Å²) in [5.41, 5.74) is -3.85. The lowest BCUT2D eigenvalue weighted by molar-refractivity contribution is -0.136. The Morgan fingerprint density at radius 1 is 1.00 bits per heavy atom. The smallest absolute Gasteiger partial charge is 0.313 e. The number of hydrogen-bond donors (Lipinski definition) is 0. The number of aromatic nitrogens is 1. The number of rotatable bonds is 3. The van der Waals surface area contributed by atoms with Crippen LogP contribution in [-0.2, 0) is 12.7 Å². The van der Waals surface area contributed by atoms with Gasteiger partial charge in [0.05, 0.1) is 18.7 Å². The SMILES string of the molecule is [C-]#[N+]c1c(C(F)(F)F)cc(-c2ccccc2)n(Cc2cccc(F)c2F)c1=O. The molecule has 0 amide bonds. The van der Waals surface area contributed by atoms with Crippen LogP contribution in [0.4, 0.5) is 27.6 Å². The summed E-state index contributed by atoms with van der Waals surface area (Å²) >= 11 is 0. The first kappa shape index (κ1) is 19.3. The van der Waals surface area contributed by atoms with Crippen molar-refractivity contribution in [2.24, 2.45) is 0 Å². The first-order chi connectivity index (χ1) is 13.2. The summed E-state index contributed by atoms with van der Waals surface area (Å²) in [6.07, 6.45) is -4.92. The fourth-order valence-corrected chi connectivity index (χ4v) is 2.81. The van der Waals surface area contributed by atoms with Crippen LogP contribution in [0.5, 0.6) is 0 Å². The summed E-state index contributed by atoms with van der Waals surface area (Å²) < 4.78 is 68.6. The molecule has 0 fully saturated rings. The highest BCUT2D eigenvalue weighted by atomic mass is 19.4. The van der Waals surface area contributed by atoms with Gasteiger partial charge < -0.3 is 4.57 Å². The Morgan fingerprint density at radius 3 is 2.29 bits per heavy atom. The van der Waals surface area contributed by atoms with Crippen molar-refractivity contribution < 1.29 is 22.0 Å². The summed E-state index contributed by atoms with van der Waals surface area (Å²) in [5, 5.41) is 0. The molecule has 0 spiro atoms. The van der Waals surface area contributed by atoms with Gasteiger partial charge in [0.2, 0.25) is 0 Å². The minimum absolute atomic E-state index is 0.158. The lowest BCUT2D eigenvalue weighted by Gasteiger charge is -2.18. The minimum atomic E-state index is -4.92. The van der Waals surface area contributed by atoms with Crippen molar-refractivity contribution >= 4 is 5.69 Å². The number of nitrogens with zero attached hydrogens (tertiary/aromatic N) is 2. The Kier molecular flexibility index (Phi) is 5.01. The molecule has 0 bridgehead atoms. The molecule has 0 saturated heterocycles. The van der Waals surface area contributed by atoms with Crippen molar-refractivity contribution in [3.05, 3.63) is 99.1 Å². The average Bonchev–Trinajstić information content (AvgIpc) is 2.66. The number of hydrogen-bond acceptors (Lipinski definition) is 1. The van der Waals surface area contributed by atoms with Gasteiger partial charge in [-0.25, -0.2) is 13.6 Å². The quantitative estimate of drug-likeness (QED) is 0.434. The van der Waals surface area contributed by atoms with Crippen LogP contribution in [0.2, 0.25) is 0 Å². The summed E-state index contributed by atoms with van der Waals surface area (Å²) in [6, 6.07) is 11.7. The van der Waals surface area contributed by atoms with E-state index < -0.39 is 41.2 Å². The monoisotopic (exact) mass is 390 g/mol. The van der Waals surface area contributed by atoms with Gasteiger partial charge in [-0.1, -0.05) is 42.5 Å². The molecule has 28 heavy (non-hydrogen) atoms. The van der Waals surface area contributed by atoms with Gasteiger partial charge in [-0.3, -0.25) is 4.79 Å². The normalized spacial score (nSPS) is 11.3. The van der Waals surface area contributed by atoms with Crippen molar-refractivity contribution in [2.75, 3.05) is 0 Å². The van der Waals surface area contributed by atoms with E-state index in [0.29, 0.717) is 6.07 Å². The van der Waals surface area contributed by atoms with Gasteiger partial charge in [-0.2, -0.15) is 13.2 Å². The Morgan fingerprint density at radius 2 is 1.68 bits per heavy atom. The molecule has 3 rings (SSSR count). The predicted molar refractivity (Wildman–Crippen MR) is 92.9 cm³/mol. The molecule has 0 aliphatic carbocycles. The predicted octanol–water partition coefficient (Wildman–Crippen LogP) is 5.41. The van der Waals surface area contributed by atoms with Crippen molar-refractivity contribution in [1.29, 1.82) is 0 Å². The van der Waals surface area contributed by atoms with E-state index in [9.17, 15) is 26.7 Å². The fourth-order valence-electron chi connectivity index (χ4n) is 2.81. The average molecular weight is 390 g/mol. The van der Waals surface area contributed by atoms with Crippen LogP contribution in [0.1, 0.15) is 11.1 Å². The second kappa shape index (κ2) is 7.27. The summed E-state index contributed by atoms with van der Waals surface area (Å²) in [5.74, 6) is -2.36. The highest BCUT2D eigenvalue weighted by Gasteiger charge is 2.36. The molecule has 8 heteroatoms. The van der Waals surface area contributed by atoms with Gasteiger partial charge in [0.15, 0.2) is 11.6 Å². The van der Waals surface area contributed by atoms with Gasteiger partial charge in [-0.15, -0.1) is 0 Å². The molecule has 0 unspecified atom stereocenters. The Hall–Kier alpha value is -3.47. The highest BCUT2D eigenvalue weighted by Crippen LogP contribution is 2.37. The van der Waals surface area contributed by atoms with E-state index in [0.717, 1.165) is 10.6 Å². The van der Waals surface area contributed by atoms with Crippen LogP contribution >= 0.6 is 0 Å². The molecule has 0 aliphatic heterocycles. The van der Waals surface area contributed by atoms with Crippen LogP contribution in [0.25, 0.3) is 16.1 Å². The molecular formula is C20H11F5N2O.